The zero-order valence-corrected chi connectivity index (χ0v) is 11.6. The molecule has 1 aliphatic rings. The maximum absolute atomic E-state index is 6.14. The van der Waals surface area contributed by atoms with E-state index in [0.29, 0.717) is 11.2 Å². The summed E-state index contributed by atoms with van der Waals surface area (Å²) in [4.78, 5) is 11.2. The summed E-state index contributed by atoms with van der Waals surface area (Å²) in [5, 5.41) is 0.592. The van der Waals surface area contributed by atoms with E-state index in [2.05, 4.69) is 21.8 Å². The molecule has 1 aromatic rings. The lowest BCUT2D eigenvalue weighted by Gasteiger charge is -2.25. The summed E-state index contributed by atoms with van der Waals surface area (Å²) in [5.41, 5.74) is 1.01. The van der Waals surface area contributed by atoms with Crippen molar-refractivity contribution in [2.75, 3.05) is 11.4 Å². The highest BCUT2D eigenvalue weighted by molar-refractivity contribution is 6.30. The van der Waals surface area contributed by atoms with E-state index in [1.165, 1.54) is 25.7 Å². The van der Waals surface area contributed by atoms with Crippen molar-refractivity contribution in [2.24, 2.45) is 0 Å². The Morgan fingerprint density at radius 1 is 1.29 bits per heavy atom. The summed E-state index contributed by atoms with van der Waals surface area (Å²) in [7, 11) is 0. The van der Waals surface area contributed by atoms with Gasteiger partial charge in [0.25, 0.3) is 0 Å². The van der Waals surface area contributed by atoms with Crippen LogP contribution in [0.25, 0.3) is 0 Å². The molecule has 0 N–H and O–H groups in total. The van der Waals surface area contributed by atoms with Crippen molar-refractivity contribution in [3.63, 3.8) is 0 Å². The van der Waals surface area contributed by atoms with E-state index < -0.39 is 0 Å². The fraction of sp³-hybridized carbons (Fsp3) is 0.692. The number of anilines is 1. The van der Waals surface area contributed by atoms with E-state index in [4.69, 9.17) is 11.6 Å². The zero-order chi connectivity index (χ0) is 12.4. The summed E-state index contributed by atoms with van der Waals surface area (Å²) < 4.78 is 0. The first-order valence-corrected chi connectivity index (χ1v) is 6.78. The van der Waals surface area contributed by atoms with Gasteiger partial charge in [0.15, 0.2) is 0 Å². The molecule has 1 aliphatic carbocycles. The highest BCUT2D eigenvalue weighted by Gasteiger charge is 2.31. The highest BCUT2D eigenvalue weighted by Crippen LogP contribution is 2.34. The second kappa shape index (κ2) is 5.21. The SMILES string of the molecule is CCCCN(c1nc(C)nc(Cl)c1C)C1CC1. The van der Waals surface area contributed by atoms with E-state index in [-0.39, 0.29) is 0 Å². The number of hydrogen-bond acceptors (Lipinski definition) is 3. The van der Waals surface area contributed by atoms with Crippen molar-refractivity contribution in [3.8, 4) is 0 Å². The van der Waals surface area contributed by atoms with Crippen LogP contribution in [0.3, 0.4) is 0 Å². The Morgan fingerprint density at radius 3 is 2.59 bits per heavy atom. The molecule has 1 saturated carbocycles. The molecule has 94 valence electrons. The molecule has 3 nitrogen and oxygen atoms in total. The molecule has 0 aliphatic heterocycles. The first-order valence-electron chi connectivity index (χ1n) is 6.41. The summed E-state index contributed by atoms with van der Waals surface area (Å²) in [6.07, 6.45) is 4.98. The van der Waals surface area contributed by atoms with Crippen LogP contribution in [0.1, 0.15) is 44.0 Å². The molecule has 1 fully saturated rings. The molecule has 2 rings (SSSR count). The number of rotatable bonds is 5. The lowest BCUT2D eigenvalue weighted by molar-refractivity contribution is 0.699. The zero-order valence-electron chi connectivity index (χ0n) is 10.8. The van der Waals surface area contributed by atoms with Crippen LogP contribution in [0.5, 0.6) is 0 Å². The first kappa shape index (κ1) is 12.6. The molecular formula is C13H20ClN3. The average molecular weight is 254 g/mol. The Balaban J connectivity index is 2.28. The van der Waals surface area contributed by atoms with Gasteiger partial charge in [-0.05, 0) is 33.1 Å². The van der Waals surface area contributed by atoms with Gasteiger partial charge in [0.1, 0.15) is 16.8 Å². The minimum atomic E-state index is 0.592. The number of aromatic nitrogens is 2. The van der Waals surface area contributed by atoms with Crippen LogP contribution in [-0.2, 0) is 0 Å². The summed E-state index contributed by atoms with van der Waals surface area (Å²) >= 11 is 6.14. The van der Waals surface area contributed by atoms with Gasteiger partial charge in [-0.15, -0.1) is 0 Å². The minimum Gasteiger partial charge on any atom is -0.353 e. The van der Waals surface area contributed by atoms with Crippen molar-refractivity contribution >= 4 is 17.4 Å². The van der Waals surface area contributed by atoms with E-state index in [1.54, 1.807) is 0 Å². The van der Waals surface area contributed by atoms with Crippen molar-refractivity contribution in [1.29, 1.82) is 0 Å². The number of aryl methyl sites for hydroxylation is 1. The normalized spacial score (nSPS) is 15.1. The average Bonchev–Trinajstić information content (AvgIpc) is 3.09. The van der Waals surface area contributed by atoms with Crippen molar-refractivity contribution in [1.82, 2.24) is 9.97 Å². The predicted octanol–water partition coefficient (Wildman–Crippen LogP) is 3.52. The Morgan fingerprint density at radius 2 is 2.00 bits per heavy atom. The van der Waals surface area contributed by atoms with E-state index in [0.717, 1.165) is 23.8 Å². The quantitative estimate of drug-likeness (QED) is 0.752. The third-order valence-corrected chi connectivity index (χ3v) is 3.55. The predicted molar refractivity (Wildman–Crippen MR) is 71.8 cm³/mol. The number of unbranched alkanes of at least 4 members (excludes halogenated alkanes) is 1. The molecule has 0 radical (unpaired) electrons. The Bertz CT molecular complexity index is 402. The van der Waals surface area contributed by atoms with Gasteiger partial charge in [-0.25, -0.2) is 9.97 Å². The van der Waals surface area contributed by atoms with Crippen molar-refractivity contribution in [3.05, 3.63) is 16.5 Å². The molecule has 4 heteroatoms. The monoisotopic (exact) mass is 253 g/mol. The first-order chi connectivity index (χ1) is 8.13. The maximum atomic E-state index is 6.14. The fourth-order valence-electron chi connectivity index (χ4n) is 2.04. The van der Waals surface area contributed by atoms with E-state index >= 15 is 0 Å². The van der Waals surface area contributed by atoms with Crippen LogP contribution in [-0.4, -0.2) is 22.6 Å². The molecule has 0 aromatic carbocycles. The Kier molecular flexibility index (Phi) is 3.87. The molecule has 0 bridgehead atoms. The smallest absolute Gasteiger partial charge is 0.137 e. The molecular weight excluding hydrogens is 234 g/mol. The van der Waals surface area contributed by atoms with Crippen molar-refractivity contribution < 1.29 is 0 Å². The lowest BCUT2D eigenvalue weighted by Crippen LogP contribution is -2.29. The third-order valence-electron chi connectivity index (χ3n) is 3.18. The van der Waals surface area contributed by atoms with Crippen LogP contribution in [0.4, 0.5) is 5.82 Å². The summed E-state index contributed by atoms with van der Waals surface area (Å²) in [6.45, 7) is 7.21. The van der Waals surface area contributed by atoms with Gasteiger partial charge in [0.05, 0.1) is 0 Å². The van der Waals surface area contributed by atoms with E-state index in [1.807, 2.05) is 13.8 Å². The molecule has 0 amide bonds. The molecule has 1 heterocycles. The topological polar surface area (TPSA) is 29.0 Å². The Hall–Kier alpha value is -0.830. The van der Waals surface area contributed by atoms with Gasteiger partial charge in [0.2, 0.25) is 0 Å². The number of hydrogen-bond donors (Lipinski definition) is 0. The standard InChI is InChI=1S/C13H20ClN3/c1-4-5-8-17(11-6-7-11)13-9(2)12(14)15-10(3)16-13/h11H,4-8H2,1-3H3. The van der Waals surface area contributed by atoms with Gasteiger partial charge < -0.3 is 4.90 Å². The van der Waals surface area contributed by atoms with E-state index in [9.17, 15) is 0 Å². The molecule has 0 saturated heterocycles. The second-order valence-corrected chi connectivity index (χ2v) is 5.15. The van der Waals surface area contributed by atoms with Crippen LogP contribution in [0.15, 0.2) is 0 Å². The van der Waals surface area contributed by atoms with Crippen LogP contribution in [0, 0.1) is 13.8 Å². The molecule has 1 aromatic heterocycles. The highest BCUT2D eigenvalue weighted by atomic mass is 35.5. The number of nitrogens with zero attached hydrogens (tertiary/aromatic N) is 3. The molecule has 0 unspecified atom stereocenters. The number of halogens is 1. The lowest BCUT2D eigenvalue weighted by atomic mass is 10.2. The van der Waals surface area contributed by atoms with Crippen LogP contribution in [0.2, 0.25) is 5.15 Å². The van der Waals surface area contributed by atoms with Crippen molar-refractivity contribution in [2.45, 2.75) is 52.5 Å². The van der Waals surface area contributed by atoms with Gasteiger partial charge >= 0.3 is 0 Å². The van der Waals surface area contributed by atoms with Gasteiger partial charge in [-0.2, -0.15) is 0 Å². The van der Waals surface area contributed by atoms with Gasteiger partial charge in [-0.1, -0.05) is 24.9 Å². The summed E-state index contributed by atoms with van der Waals surface area (Å²) in [5.74, 6) is 1.80. The summed E-state index contributed by atoms with van der Waals surface area (Å²) in [6, 6.07) is 0.672. The van der Waals surface area contributed by atoms with Crippen LogP contribution < -0.4 is 4.90 Å². The van der Waals surface area contributed by atoms with Gasteiger partial charge in [0, 0.05) is 18.2 Å². The molecule has 0 spiro atoms. The van der Waals surface area contributed by atoms with Gasteiger partial charge in [-0.3, -0.25) is 0 Å². The Labute approximate surface area is 108 Å². The fourth-order valence-corrected chi connectivity index (χ4v) is 2.24. The molecule has 17 heavy (non-hydrogen) atoms. The molecule has 0 atom stereocenters. The maximum Gasteiger partial charge on any atom is 0.137 e. The minimum absolute atomic E-state index is 0.592. The largest absolute Gasteiger partial charge is 0.353 e. The third kappa shape index (κ3) is 2.89. The van der Waals surface area contributed by atoms with Crippen LogP contribution >= 0.6 is 11.6 Å². The second-order valence-electron chi connectivity index (χ2n) is 4.79.